The molecule has 1 fully saturated rings. The number of rotatable bonds is 8. The first-order valence-corrected chi connectivity index (χ1v) is 13.0. The Hall–Kier alpha value is -3.31. The molecule has 0 aromatic carbocycles. The monoisotopic (exact) mass is 515 g/mol. The minimum atomic E-state index is -1.26. The summed E-state index contributed by atoms with van der Waals surface area (Å²) < 4.78 is 0. The minimum absolute atomic E-state index is 0.234. The minimum Gasteiger partial charge on any atom is -0.478 e. The highest BCUT2D eigenvalue weighted by molar-refractivity contribution is 7.10. The predicted molar refractivity (Wildman–Crippen MR) is 137 cm³/mol. The smallest absolute Gasteiger partial charge is 0.328 e. The SMILES string of the molecule is CC(CCCN1CCCc2sccc2C1=O)N1CCN(c2ncccn2)CC1.O=C(O)C=CC(=O)O. The normalized spacial score (nSPS) is 17.2. The molecule has 0 aliphatic carbocycles. The van der Waals surface area contributed by atoms with Crippen LogP contribution in [0.25, 0.3) is 0 Å². The standard InChI is InChI=1S/C21H29N5OS.C4H4O4/c1-17(24-12-14-26(15-13-24)21-22-8-4-9-23-21)5-2-10-25-11-3-6-19-18(20(25)27)7-16-28-19;5-3(6)1-2-4(7)8/h4,7-9,16-17H,2-3,5-6,10-15H2,1H3;1-2H,(H,5,6)(H,7,8). The van der Waals surface area contributed by atoms with Gasteiger partial charge in [0.2, 0.25) is 5.95 Å². The van der Waals surface area contributed by atoms with Gasteiger partial charge in [0, 0.05) is 74.7 Å². The van der Waals surface area contributed by atoms with Crippen molar-refractivity contribution in [1.82, 2.24) is 19.8 Å². The van der Waals surface area contributed by atoms with Gasteiger partial charge < -0.3 is 20.0 Å². The highest BCUT2D eigenvalue weighted by Gasteiger charge is 2.25. The maximum atomic E-state index is 12.8. The van der Waals surface area contributed by atoms with Gasteiger partial charge in [-0.1, -0.05) is 0 Å². The molecule has 4 heterocycles. The highest BCUT2D eigenvalue weighted by Crippen LogP contribution is 2.24. The third kappa shape index (κ3) is 8.13. The van der Waals surface area contributed by atoms with Gasteiger partial charge in [0.1, 0.15) is 0 Å². The van der Waals surface area contributed by atoms with Gasteiger partial charge >= 0.3 is 11.9 Å². The number of piperazine rings is 1. The number of aromatic nitrogens is 2. The summed E-state index contributed by atoms with van der Waals surface area (Å²) in [5.74, 6) is -1.44. The number of amides is 1. The van der Waals surface area contributed by atoms with Crippen molar-refractivity contribution in [2.75, 3.05) is 44.2 Å². The number of thiophene rings is 1. The van der Waals surface area contributed by atoms with E-state index in [1.54, 1.807) is 23.7 Å². The number of aryl methyl sites for hydroxylation is 1. The summed E-state index contributed by atoms with van der Waals surface area (Å²) in [6.45, 7) is 8.11. The molecule has 1 amide bonds. The Morgan fingerprint density at radius 1 is 1.08 bits per heavy atom. The predicted octanol–water partition coefficient (Wildman–Crippen LogP) is 2.63. The molecule has 1 unspecified atom stereocenters. The van der Waals surface area contributed by atoms with Crippen LogP contribution in [0.5, 0.6) is 0 Å². The van der Waals surface area contributed by atoms with E-state index in [0.717, 1.165) is 76.5 Å². The molecule has 0 saturated carbocycles. The molecule has 2 aromatic rings. The van der Waals surface area contributed by atoms with E-state index in [4.69, 9.17) is 10.2 Å². The number of carboxylic acids is 2. The van der Waals surface area contributed by atoms with E-state index < -0.39 is 11.9 Å². The Labute approximate surface area is 214 Å². The van der Waals surface area contributed by atoms with Crippen molar-refractivity contribution >= 4 is 35.1 Å². The van der Waals surface area contributed by atoms with E-state index in [-0.39, 0.29) is 5.91 Å². The van der Waals surface area contributed by atoms with E-state index in [1.807, 2.05) is 17.5 Å². The first kappa shape index (κ1) is 27.3. The summed E-state index contributed by atoms with van der Waals surface area (Å²) >= 11 is 1.72. The van der Waals surface area contributed by atoms with Crippen LogP contribution in [0.3, 0.4) is 0 Å². The largest absolute Gasteiger partial charge is 0.478 e. The topological polar surface area (TPSA) is 127 Å². The van der Waals surface area contributed by atoms with Crippen molar-refractivity contribution in [3.8, 4) is 0 Å². The second kappa shape index (κ2) is 13.7. The second-order valence-corrected chi connectivity index (χ2v) is 9.73. The lowest BCUT2D eigenvalue weighted by atomic mass is 10.1. The molecule has 36 heavy (non-hydrogen) atoms. The van der Waals surface area contributed by atoms with Crippen LogP contribution in [0.2, 0.25) is 0 Å². The number of carbonyl (C=O) groups excluding carboxylic acids is 1. The van der Waals surface area contributed by atoms with Gasteiger partial charge in [0.25, 0.3) is 5.91 Å². The third-order valence-electron chi connectivity index (χ3n) is 6.29. The maximum absolute atomic E-state index is 12.8. The van der Waals surface area contributed by atoms with E-state index in [9.17, 15) is 14.4 Å². The second-order valence-electron chi connectivity index (χ2n) is 8.73. The van der Waals surface area contributed by atoms with Crippen molar-refractivity contribution in [1.29, 1.82) is 0 Å². The fourth-order valence-electron chi connectivity index (χ4n) is 4.36. The van der Waals surface area contributed by atoms with Crippen LogP contribution in [0, 0.1) is 0 Å². The van der Waals surface area contributed by atoms with Gasteiger partial charge in [-0.3, -0.25) is 9.69 Å². The average molecular weight is 516 g/mol. The Morgan fingerprint density at radius 2 is 1.75 bits per heavy atom. The summed E-state index contributed by atoms with van der Waals surface area (Å²) in [6, 6.07) is 4.40. The van der Waals surface area contributed by atoms with Crippen molar-refractivity contribution in [3.63, 3.8) is 0 Å². The molecule has 2 N–H and O–H groups in total. The molecule has 0 bridgehead atoms. The summed E-state index contributed by atoms with van der Waals surface area (Å²) in [5, 5.41) is 17.7. The molecule has 2 aliphatic rings. The van der Waals surface area contributed by atoms with Gasteiger partial charge in [-0.2, -0.15) is 0 Å². The zero-order valence-electron chi connectivity index (χ0n) is 20.5. The van der Waals surface area contributed by atoms with Crippen LogP contribution in [0.1, 0.15) is 41.4 Å². The summed E-state index contributed by atoms with van der Waals surface area (Å²) in [5.41, 5.74) is 0.940. The Bertz CT molecular complexity index is 1020. The van der Waals surface area contributed by atoms with E-state index in [2.05, 4.69) is 31.6 Å². The van der Waals surface area contributed by atoms with Gasteiger partial charge in [-0.05, 0) is 50.1 Å². The summed E-state index contributed by atoms with van der Waals surface area (Å²) in [7, 11) is 0. The van der Waals surface area contributed by atoms with E-state index >= 15 is 0 Å². The molecule has 11 heteroatoms. The van der Waals surface area contributed by atoms with Crippen molar-refractivity contribution in [2.24, 2.45) is 0 Å². The molecule has 1 atom stereocenters. The maximum Gasteiger partial charge on any atom is 0.328 e. The quantitative estimate of drug-likeness (QED) is 0.510. The Balaban J connectivity index is 0.000000392. The molecule has 4 rings (SSSR count). The lowest BCUT2D eigenvalue weighted by Gasteiger charge is -2.38. The van der Waals surface area contributed by atoms with Crippen LogP contribution in [0.15, 0.2) is 42.1 Å². The van der Waals surface area contributed by atoms with Crippen LogP contribution in [0.4, 0.5) is 5.95 Å². The number of anilines is 1. The van der Waals surface area contributed by atoms with Crippen LogP contribution < -0.4 is 4.90 Å². The summed E-state index contributed by atoms with van der Waals surface area (Å²) in [4.78, 5) is 48.7. The number of carbonyl (C=O) groups is 3. The number of hydrogen-bond acceptors (Lipinski definition) is 8. The summed E-state index contributed by atoms with van der Waals surface area (Å²) in [6.07, 6.45) is 9.04. The van der Waals surface area contributed by atoms with Crippen molar-refractivity contribution in [3.05, 3.63) is 52.5 Å². The molecule has 194 valence electrons. The van der Waals surface area contributed by atoms with Crippen LogP contribution in [-0.4, -0.2) is 93.1 Å². The van der Waals surface area contributed by atoms with Gasteiger partial charge in [0.05, 0.1) is 5.56 Å². The zero-order valence-corrected chi connectivity index (χ0v) is 21.3. The number of hydrogen-bond donors (Lipinski definition) is 2. The molecule has 0 spiro atoms. The molecular weight excluding hydrogens is 482 g/mol. The number of nitrogens with zero attached hydrogens (tertiary/aromatic N) is 5. The fraction of sp³-hybridized carbons (Fsp3) is 0.480. The molecule has 1 saturated heterocycles. The lowest BCUT2D eigenvalue weighted by molar-refractivity contribution is -0.134. The molecule has 2 aliphatic heterocycles. The van der Waals surface area contributed by atoms with Gasteiger partial charge in [0.15, 0.2) is 0 Å². The van der Waals surface area contributed by atoms with Gasteiger partial charge in [-0.15, -0.1) is 11.3 Å². The van der Waals surface area contributed by atoms with Crippen LogP contribution in [-0.2, 0) is 16.0 Å². The zero-order chi connectivity index (χ0) is 25.9. The molecule has 0 radical (unpaired) electrons. The first-order chi connectivity index (χ1) is 17.3. The lowest BCUT2D eigenvalue weighted by Crippen LogP contribution is -2.50. The third-order valence-corrected chi connectivity index (χ3v) is 7.27. The van der Waals surface area contributed by atoms with E-state index in [0.29, 0.717) is 18.2 Å². The number of carboxylic acid groups (broad SMARTS) is 2. The van der Waals surface area contributed by atoms with Crippen molar-refractivity contribution < 1.29 is 24.6 Å². The first-order valence-electron chi connectivity index (χ1n) is 12.1. The number of fused-ring (bicyclic) bond motifs is 1. The molecule has 2 aromatic heterocycles. The van der Waals surface area contributed by atoms with Crippen molar-refractivity contribution in [2.45, 2.75) is 38.6 Å². The number of aliphatic carboxylic acids is 2. The van der Waals surface area contributed by atoms with Gasteiger partial charge in [-0.25, -0.2) is 19.6 Å². The van der Waals surface area contributed by atoms with E-state index in [1.165, 1.54) is 4.88 Å². The fourth-order valence-corrected chi connectivity index (χ4v) is 5.27. The Morgan fingerprint density at radius 3 is 2.39 bits per heavy atom. The molecular formula is C25H33N5O5S. The van der Waals surface area contributed by atoms with Crippen LogP contribution >= 0.6 is 11.3 Å². The Kier molecular flexibility index (Phi) is 10.4. The molecule has 10 nitrogen and oxygen atoms in total. The highest BCUT2D eigenvalue weighted by atomic mass is 32.1. The average Bonchev–Trinajstić information content (AvgIpc) is 3.30.